The van der Waals surface area contributed by atoms with Crippen molar-refractivity contribution >= 4 is 17.6 Å². The molecule has 116 valence electrons. The molecule has 0 aliphatic carbocycles. The summed E-state index contributed by atoms with van der Waals surface area (Å²) in [6.45, 7) is 1.64. The minimum atomic E-state index is -0.548. The maximum absolute atomic E-state index is 11.9. The third-order valence-corrected chi connectivity index (χ3v) is 3.21. The molecule has 0 bridgehead atoms. The monoisotopic (exact) mass is 308 g/mol. The number of nitriles is 1. The summed E-state index contributed by atoms with van der Waals surface area (Å²) in [6.07, 6.45) is 0.888. The molecule has 0 spiro atoms. The van der Waals surface area contributed by atoms with Crippen LogP contribution in [0.15, 0.2) is 48.5 Å². The highest BCUT2D eigenvalue weighted by atomic mass is 16.5. The van der Waals surface area contributed by atoms with Gasteiger partial charge in [0.2, 0.25) is 0 Å². The van der Waals surface area contributed by atoms with Gasteiger partial charge in [-0.1, -0.05) is 25.1 Å². The van der Waals surface area contributed by atoms with Crippen molar-refractivity contribution in [3.05, 3.63) is 65.2 Å². The highest BCUT2D eigenvalue weighted by Crippen LogP contribution is 2.10. The van der Waals surface area contributed by atoms with Crippen LogP contribution in [-0.4, -0.2) is 18.5 Å². The first-order valence-electron chi connectivity index (χ1n) is 7.18. The Balaban J connectivity index is 1.88. The Labute approximate surface area is 134 Å². The molecular weight excluding hydrogens is 292 g/mol. The number of hydrogen-bond acceptors (Lipinski definition) is 4. The number of hydrogen-bond donors (Lipinski definition) is 1. The van der Waals surface area contributed by atoms with Crippen LogP contribution in [0.1, 0.15) is 28.4 Å². The van der Waals surface area contributed by atoms with E-state index in [1.807, 2.05) is 25.1 Å². The second-order valence-corrected chi connectivity index (χ2v) is 4.87. The normalized spacial score (nSPS) is 9.74. The first kappa shape index (κ1) is 16.2. The summed E-state index contributed by atoms with van der Waals surface area (Å²) in [5.41, 5.74) is 2.45. The maximum atomic E-state index is 11.9. The average Bonchev–Trinajstić information content (AvgIpc) is 2.60. The fourth-order valence-electron chi connectivity index (χ4n) is 1.95. The largest absolute Gasteiger partial charge is 0.452 e. The number of ether oxygens (including phenoxy) is 1. The van der Waals surface area contributed by atoms with Gasteiger partial charge in [-0.05, 0) is 42.3 Å². The first-order valence-corrected chi connectivity index (χ1v) is 7.18. The molecular formula is C18H16N2O3. The van der Waals surface area contributed by atoms with Crippen LogP contribution in [0.4, 0.5) is 5.69 Å². The summed E-state index contributed by atoms with van der Waals surface area (Å²) in [4.78, 5) is 23.6. The summed E-state index contributed by atoms with van der Waals surface area (Å²) < 4.78 is 4.98. The molecule has 0 atom stereocenters. The van der Waals surface area contributed by atoms with Crippen molar-refractivity contribution in [2.75, 3.05) is 11.9 Å². The van der Waals surface area contributed by atoms with E-state index < -0.39 is 11.9 Å². The van der Waals surface area contributed by atoms with Crippen LogP contribution in [0.5, 0.6) is 0 Å². The number of carbonyl (C=O) groups excluding carboxylic acids is 2. The molecule has 1 amide bonds. The lowest BCUT2D eigenvalue weighted by molar-refractivity contribution is -0.119. The molecule has 5 nitrogen and oxygen atoms in total. The Hall–Kier alpha value is -3.13. The zero-order valence-electron chi connectivity index (χ0n) is 12.7. The molecule has 0 saturated heterocycles. The van der Waals surface area contributed by atoms with Gasteiger partial charge in [-0.2, -0.15) is 5.26 Å². The highest BCUT2D eigenvalue weighted by Gasteiger charge is 2.10. The number of carbonyl (C=O) groups is 2. The van der Waals surface area contributed by atoms with E-state index >= 15 is 0 Å². The van der Waals surface area contributed by atoms with Crippen molar-refractivity contribution in [3.8, 4) is 6.07 Å². The molecule has 2 rings (SSSR count). The summed E-state index contributed by atoms with van der Waals surface area (Å²) in [5.74, 6) is -1.01. The number of nitrogens with one attached hydrogen (secondary N) is 1. The van der Waals surface area contributed by atoms with E-state index in [2.05, 4.69) is 5.32 Å². The van der Waals surface area contributed by atoms with Gasteiger partial charge in [0.1, 0.15) is 0 Å². The van der Waals surface area contributed by atoms with E-state index in [4.69, 9.17) is 10.00 Å². The lowest BCUT2D eigenvalue weighted by Gasteiger charge is -2.07. The van der Waals surface area contributed by atoms with Crippen molar-refractivity contribution in [3.63, 3.8) is 0 Å². The van der Waals surface area contributed by atoms with Crippen LogP contribution < -0.4 is 5.32 Å². The molecule has 0 fully saturated rings. The van der Waals surface area contributed by atoms with Gasteiger partial charge in [0.15, 0.2) is 6.61 Å². The smallest absolute Gasteiger partial charge is 0.338 e. The van der Waals surface area contributed by atoms with E-state index in [0.717, 1.165) is 12.0 Å². The van der Waals surface area contributed by atoms with Crippen molar-refractivity contribution < 1.29 is 14.3 Å². The van der Waals surface area contributed by atoms with Crippen LogP contribution in [0.25, 0.3) is 0 Å². The van der Waals surface area contributed by atoms with Gasteiger partial charge >= 0.3 is 5.97 Å². The predicted octanol–water partition coefficient (Wildman–Crippen LogP) is 2.92. The highest BCUT2D eigenvalue weighted by molar-refractivity contribution is 5.95. The van der Waals surface area contributed by atoms with E-state index in [1.54, 1.807) is 36.4 Å². The Morgan fingerprint density at radius 2 is 1.91 bits per heavy atom. The molecule has 0 aliphatic rings. The van der Waals surface area contributed by atoms with E-state index in [0.29, 0.717) is 16.8 Å². The fourth-order valence-corrected chi connectivity index (χ4v) is 1.95. The summed E-state index contributed by atoms with van der Waals surface area (Å²) in [7, 11) is 0. The molecule has 0 unspecified atom stereocenters. The molecule has 0 heterocycles. The third-order valence-electron chi connectivity index (χ3n) is 3.21. The Morgan fingerprint density at radius 3 is 2.57 bits per heavy atom. The van der Waals surface area contributed by atoms with Crippen molar-refractivity contribution in [1.82, 2.24) is 0 Å². The van der Waals surface area contributed by atoms with Crippen LogP contribution in [-0.2, 0) is 16.0 Å². The van der Waals surface area contributed by atoms with Crippen LogP contribution >= 0.6 is 0 Å². The van der Waals surface area contributed by atoms with Crippen molar-refractivity contribution in [2.45, 2.75) is 13.3 Å². The Morgan fingerprint density at radius 1 is 1.17 bits per heavy atom. The van der Waals surface area contributed by atoms with Gasteiger partial charge in [0.25, 0.3) is 5.91 Å². The minimum absolute atomic E-state index is 0.384. The van der Waals surface area contributed by atoms with E-state index in [-0.39, 0.29) is 6.61 Å². The Kier molecular flexibility index (Phi) is 5.48. The number of nitrogens with zero attached hydrogens (tertiary/aromatic N) is 1. The lowest BCUT2D eigenvalue weighted by atomic mass is 10.1. The van der Waals surface area contributed by atoms with Gasteiger partial charge in [-0.3, -0.25) is 4.79 Å². The third kappa shape index (κ3) is 4.68. The number of esters is 1. The van der Waals surface area contributed by atoms with Crippen molar-refractivity contribution in [1.29, 1.82) is 5.26 Å². The quantitative estimate of drug-likeness (QED) is 0.861. The molecule has 23 heavy (non-hydrogen) atoms. The number of amides is 1. The molecule has 0 radical (unpaired) electrons. The van der Waals surface area contributed by atoms with Gasteiger partial charge in [-0.25, -0.2) is 4.79 Å². The molecule has 0 aliphatic heterocycles. The van der Waals surface area contributed by atoms with Crippen molar-refractivity contribution in [2.24, 2.45) is 0 Å². The zero-order valence-corrected chi connectivity index (χ0v) is 12.7. The van der Waals surface area contributed by atoms with E-state index in [9.17, 15) is 9.59 Å². The second kappa shape index (κ2) is 7.76. The molecule has 2 aromatic rings. The van der Waals surface area contributed by atoms with Gasteiger partial charge in [-0.15, -0.1) is 0 Å². The zero-order chi connectivity index (χ0) is 16.7. The van der Waals surface area contributed by atoms with Gasteiger partial charge in [0, 0.05) is 5.69 Å². The molecule has 1 N–H and O–H groups in total. The maximum Gasteiger partial charge on any atom is 0.338 e. The van der Waals surface area contributed by atoms with Gasteiger partial charge < -0.3 is 10.1 Å². The number of benzene rings is 2. The lowest BCUT2D eigenvalue weighted by Crippen LogP contribution is -2.21. The average molecular weight is 308 g/mol. The molecule has 0 aromatic heterocycles. The number of anilines is 1. The first-order chi connectivity index (χ1) is 11.1. The van der Waals surface area contributed by atoms with Crippen LogP contribution in [0.3, 0.4) is 0 Å². The molecule has 5 heteroatoms. The standard InChI is InChI=1S/C18H16N2O3/c1-2-13-6-8-15(9-7-13)18(22)23-12-17(21)20-16-5-3-4-14(10-16)11-19/h3-10H,2,12H2,1H3,(H,20,21). The second-order valence-electron chi connectivity index (χ2n) is 4.87. The summed E-state index contributed by atoms with van der Waals surface area (Å²) in [5, 5.41) is 11.4. The fraction of sp³-hybridized carbons (Fsp3) is 0.167. The minimum Gasteiger partial charge on any atom is -0.452 e. The summed E-state index contributed by atoms with van der Waals surface area (Å²) >= 11 is 0. The van der Waals surface area contributed by atoms with E-state index in [1.165, 1.54) is 0 Å². The summed E-state index contributed by atoms with van der Waals surface area (Å²) in [6, 6.07) is 15.5. The predicted molar refractivity (Wildman–Crippen MR) is 85.9 cm³/mol. The molecule has 0 saturated carbocycles. The van der Waals surface area contributed by atoms with Gasteiger partial charge in [0.05, 0.1) is 17.2 Å². The van der Waals surface area contributed by atoms with Crippen LogP contribution in [0.2, 0.25) is 0 Å². The Bertz CT molecular complexity index is 746. The van der Waals surface area contributed by atoms with Crippen LogP contribution in [0, 0.1) is 11.3 Å². The topological polar surface area (TPSA) is 79.2 Å². The number of rotatable bonds is 5. The molecule has 2 aromatic carbocycles. The SMILES string of the molecule is CCc1ccc(C(=O)OCC(=O)Nc2cccc(C#N)c2)cc1. The number of aryl methyl sites for hydroxylation is 1.